The Morgan fingerprint density at radius 1 is 1.09 bits per heavy atom. The Balaban J connectivity index is 4.08. The van der Waals surface area contributed by atoms with Crippen LogP contribution in [0.15, 0.2) is 25.3 Å². The van der Waals surface area contributed by atoms with Gasteiger partial charge in [-0.1, -0.05) is 13.2 Å². The van der Waals surface area contributed by atoms with E-state index in [0.717, 1.165) is 13.1 Å². The summed E-state index contributed by atoms with van der Waals surface area (Å²) in [7, 11) is -1.14. The zero-order valence-corrected chi connectivity index (χ0v) is 8.93. The Hall–Kier alpha value is -0.343. The Morgan fingerprint density at radius 2 is 1.45 bits per heavy atom. The Labute approximate surface area is 71.5 Å². The van der Waals surface area contributed by atoms with Crippen molar-refractivity contribution in [3.63, 3.8) is 0 Å². The molecule has 0 amide bonds. The quantitative estimate of drug-likeness (QED) is 0.440. The molecule has 0 atom stereocenters. The van der Waals surface area contributed by atoms with Crippen LogP contribution in [-0.4, -0.2) is 21.3 Å². The standard InChI is InChI=1S/C9H19NSi/c1-6-8-10(9-7-2)11(3,4)5/h6-7H,1-2,8-9H2,3-5H3/q+1. The van der Waals surface area contributed by atoms with Crippen molar-refractivity contribution in [2.24, 2.45) is 0 Å². The molecule has 0 saturated heterocycles. The first kappa shape index (κ1) is 10.7. The molecule has 0 N–H and O–H groups in total. The number of hydrogen-bond donors (Lipinski definition) is 0. The smallest absolute Gasteiger partial charge is 0.233 e. The third kappa shape index (κ3) is 4.17. The Kier molecular flexibility index (Phi) is 4.38. The molecular weight excluding hydrogens is 150 g/mol. The maximum atomic E-state index is 3.74. The van der Waals surface area contributed by atoms with Crippen molar-refractivity contribution in [3.8, 4) is 0 Å². The van der Waals surface area contributed by atoms with Gasteiger partial charge in [0.1, 0.15) is 13.1 Å². The van der Waals surface area contributed by atoms with E-state index in [-0.39, 0.29) is 0 Å². The summed E-state index contributed by atoms with van der Waals surface area (Å²) in [4.78, 5) is 0. The van der Waals surface area contributed by atoms with E-state index in [1.165, 1.54) is 0 Å². The zero-order valence-electron chi connectivity index (χ0n) is 7.93. The highest BCUT2D eigenvalue weighted by Crippen LogP contribution is 2.04. The molecule has 0 unspecified atom stereocenters. The van der Waals surface area contributed by atoms with Crippen molar-refractivity contribution < 1.29 is 0 Å². The SMILES string of the molecule is C=CC[N+](CC=C)[Si](C)(C)C. The molecule has 1 nitrogen and oxygen atoms in total. The van der Waals surface area contributed by atoms with Crippen LogP contribution >= 0.6 is 0 Å². The first-order valence-electron chi connectivity index (χ1n) is 3.99. The van der Waals surface area contributed by atoms with Crippen molar-refractivity contribution in [2.45, 2.75) is 19.6 Å². The van der Waals surface area contributed by atoms with Gasteiger partial charge in [0, 0.05) is 0 Å². The molecule has 63 valence electrons. The molecule has 0 heterocycles. The highest BCUT2D eigenvalue weighted by molar-refractivity contribution is 6.74. The summed E-state index contributed by atoms with van der Waals surface area (Å²) >= 11 is 0. The van der Waals surface area contributed by atoms with Crippen LogP contribution in [0.5, 0.6) is 0 Å². The first-order chi connectivity index (χ1) is 5.02. The number of nitrogens with zero attached hydrogens (tertiary/aromatic N) is 1. The molecule has 0 aliphatic rings. The molecule has 0 aromatic rings. The highest BCUT2D eigenvalue weighted by Gasteiger charge is 2.33. The second-order valence-corrected chi connectivity index (χ2v) is 8.63. The number of rotatable bonds is 5. The fraction of sp³-hybridized carbons (Fsp3) is 0.556. The monoisotopic (exact) mass is 169 g/mol. The molecule has 0 aliphatic carbocycles. The van der Waals surface area contributed by atoms with Gasteiger partial charge in [-0.15, -0.1) is 0 Å². The second-order valence-electron chi connectivity index (χ2n) is 3.65. The van der Waals surface area contributed by atoms with Crippen molar-refractivity contribution in [1.82, 2.24) is 4.57 Å². The first-order valence-corrected chi connectivity index (χ1v) is 7.44. The maximum Gasteiger partial charge on any atom is 0.321 e. The van der Waals surface area contributed by atoms with Gasteiger partial charge in [0.05, 0.1) is 0 Å². The molecule has 0 aliphatic heterocycles. The van der Waals surface area contributed by atoms with Crippen molar-refractivity contribution in [2.75, 3.05) is 13.1 Å². The van der Waals surface area contributed by atoms with Gasteiger partial charge in [-0.3, -0.25) is 0 Å². The lowest BCUT2D eigenvalue weighted by atomic mass is 10.5. The van der Waals surface area contributed by atoms with Crippen LogP contribution in [0.3, 0.4) is 0 Å². The van der Waals surface area contributed by atoms with Gasteiger partial charge in [-0.05, 0) is 31.8 Å². The predicted molar refractivity (Wildman–Crippen MR) is 55.6 cm³/mol. The van der Waals surface area contributed by atoms with E-state index in [4.69, 9.17) is 0 Å². The molecule has 2 heteroatoms. The summed E-state index contributed by atoms with van der Waals surface area (Å²) in [5, 5.41) is 0. The molecule has 0 bridgehead atoms. The third-order valence-electron chi connectivity index (χ3n) is 1.65. The lowest BCUT2D eigenvalue weighted by Gasteiger charge is -2.20. The highest BCUT2D eigenvalue weighted by atomic mass is 28.3. The number of hydrogen-bond acceptors (Lipinski definition) is 1. The molecule has 0 aromatic carbocycles. The molecule has 1 radical (unpaired) electrons. The predicted octanol–water partition coefficient (Wildman–Crippen LogP) is 2.33. The van der Waals surface area contributed by atoms with Crippen molar-refractivity contribution >= 4 is 8.24 Å². The second kappa shape index (κ2) is 4.52. The van der Waals surface area contributed by atoms with Crippen molar-refractivity contribution in [1.29, 1.82) is 0 Å². The van der Waals surface area contributed by atoms with E-state index < -0.39 is 8.24 Å². The molecule has 0 aromatic heterocycles. The summed E-state index contributed by atoms with van der Waals surface area (Å²) in [6.45, 7) is 16.5. The average Bonchev–Trinajstić information content (AvgIpc) is 1.85. The van der Waals surface area contributed by atoms with Gasteiger partial charge >= 0.3 is 8.24 Å². The summed E-state index contributed by atoms with van der Waals surface area (Å²) < 4.78 is 2.45. The lowest BCUT2D eigenvalue weighted by molar-refractivity contribution is 0.679. The normalized spacial score (nSPS) is 11.6. The minimum Gasteiger partial charge on any atom is -0.233 e. The molecular formula is C9H19NSi+. The molecule has 0 fully saturated rings. The minimum atomic E-state index is -1.14. The van der Waals surface area contributed by atoms with Crippen LogP contribution in [0.2, 0.25) is 19.6 Å². The van der Waals surface area contributed by atoms with Gasteiger partial charge in [-0.2, -0.15) is 0 Å². The largest absolute Gasteiger partial charge is 0.321 e. The Bertz CT molecular complexity index is 125. The molecule has 11 heavy (non-hydrogen) atoms. The fourth-order valence-corrected chi connectivity index (χ4v) is 2.29. The Morgan fingerprint density at radius 3 is 1.64 bits per heavy atom. The van der Waals surface area contributed by atoms with Gasteiger partial charge in [-0.25, -0.2) is 4.57 Å². The van der Waals surface area contributed by atoms with E-state index in [9.17, 15) is 0 Å². The third-order valence-corrected chi connectivity index (χ3v) is 3.91. The summed E-state index contributed by atoms with van der Waals surface area (Å²) in [5.74, 6) is 0. The van der Waals surface area contributed by atoms with Crippen LogP contribution in [-0.2, 0) is 0 Å². The minimum absolute atomic E-state index is 0.988. The van der Waals surface area contributed by atoms with Crippen LogP contribution in [0, 0.1) is 0 Å². The van der Waals surface area contributed by atoms with Crippen LogP contribution < -0.4 is 4.57 Å². The summed E-state index contributed by atoms with van der Waals surface area (Å²) in [6, 6.07) is 0. The fourth-order valence-electron chi connectivity index (χ4n) is 0.934. The van der Waals surface area contributed by atoms with Crippen LogP contribution in [0.1, 0.15) is 0 Å². The van der Waals surface area contributed by atoms with Crippen LogP contribution in [0.25, 0.3) is 0 Å². The van der Waals surface area contributed by atoms with E-state index in [1.807, 2.05) is 12.2 Å². The average molecular weight is 169 g/mol. The topological polar surface area (TPSA) is 5.90 Å². The molecule has 0 spiro atoms. The van der Waals surface area contributed by atoms with Gasteiger partial charge in [0.2, 0.25) is 0 Å². The van der Waals surface area contributed by atoms with Gasteiger partial charge < -0.3 is 0 Å². The van der Waals surface area contributed by atoms with Crippen LogP contribution in [0.4, 0.5) is 0 Å². The van der Waals surface area contributed by atoms with Gasteiger partial charge in [0.15, 0.2) is 0 Å². The van der Waals surface area contributed by atoms with Gasteiger partial charge in [0.25, 0.3) is 0 Å². The zero-order chi connectivity index (χ0) is 8.91. The van der Waals surface area contributed by atoms with E-state index in [2.05, 4.69) is 37.4 Å². The summed E-state index contributed by atoms with van der Waals surface area (Å²) in [6.07, 6.45) is 3.92. The molecule has 0 rings (SSSR count). The van der Waals surface area contributed by atoms with Crippen molar-refractivity contribution in [3.05, 3.63) is 25.3 Å². The van der Waals surface area contributed by atoms with E-state index in [0.29, 0.717) is 0 Å². The lowest BCUT2D eigenvalue weighted by Crippen LogP contribution is -2.51. The van der Waals surface area contributed by atoms with E-state index in [1.54, 1.807) is 0 Å². The van der Waals surface area contributed by atoms with E-state index >= 15 is 0 Å². The summed E-state index contributed by atoms with van der Waals surface area (Å²) in [5.41, 5.74) is 0. The maximum absolute atomic E-state index is 3.74. The molecule has 0 saturated carbocycles.